The Morgan fingerprint density at radius 3 is 2.48 bits per heavy atom. The minimum absolute atomic E-state index is 0.105. The largest absolute Gasteiger partial charge is 0.481 e. The summed E-state index contributed by atoms with van der Waals surface area (Å²) in [6, 6.07) is 1.74. The summed E-state index contributed by atoms with van der Waals surface area (Å²) in [4.78, 5) is 17.8. The van der Waals surface area contributed by atoms with Gasteiger partial charge in [0.1, 0.15) is 5.60 Å². The zero-order valence-electron chi connectivity index (χ0n) is 15.1. The molecule has 1 unspecified atom stereocenters. The molecule has 0 aliphatic heterocycles. The van der Waals surface area contributed by atoms with Crippen LogP contribution in [-0.2, 0) is 11.2 Å². The fourth-order valence-electron chi connectivity index (χ4n) is 1.93. The Labute approximate surface area is 138 Å². The molecule has 0 radical (unpaired) electrons. The first-order valence-corrected chi connectivity index (χ1v) is 7.73. The smallest absolute Gasteiger partial charge is 0.414 e. The number of hydrogen-bond donors (Lipinski definition) is 1. The minimum Gasteiger partial charge on any atom is -0.481 e. The van der Waals surface area contributed by atoms with E-state index in [0.717, 1.165) is 5.56 Å². The number of hydrogen-bond acceptors (Lipinski definition) is 5. The van der Waals surface area contributed by atoms with Crippen LogP contribution in [0.1, 0.15) is 40.2 Å². The summed E-state index contributed by atoms with van der Waals surface area (Å²) < 4.78 is 10.5. The summed E-state index contributed by atoms with van der Waals surface area (Å²) in [5.74, 6) is 0.547. The molecule has 6 nitrogen and oxygen atoms in total. The average molecular weight is 324 g/mol. The molecule has 23 heavy (non-hydrogen) atoms. The molecular weight excluding hydrogens is 296 g/mol. The van der Waals surface area contributed by atoms with Crippen LogP contribution in [0.5, 0.6) is 5.88 Å². The van der Waals surface area contributed by atoms with Gasteiger partial charge in [0.15, 0.2) is 0 Å². The summed E-state index contributed by atoms with van der Waals surface area (Å²) in [6.07, 6.45) is 0.974. The summed E-state index contributed by atoms with van der Waals surface area (Å²) >= 11 is 0. The van der Waals surface area contributed by atoms with Crippen molar-refractivity contribution in [3.05, 3.63) is 17.8 Å². The van der Waals surface area contributed by atoms with Gasteiger partial charge in [-0.05, 0) is 32.3 Å². The Morgan fingerprint density at radius 1 is 1.39 bits per heavy atom. The number of rotatable bonds is 5. The van der Waals surface area contributed by atoms with Gasteiger partial charge in [-0.15, -0.1) is 0 Å². The standard InChI is InChI=1S/C17H28N2O4/c1-11(2)14(20)8-12-9-15(22-7)18-10-13(12)19(6)16(21)23-17(3,4)5/h9-11,14,20H,8H2,1-7H3. The number of methoxy groups -OCH3 is 1. The highest BCUT2D eigenvalue weighted by molar-refractivity contribution is 5.88. The van der Waals surface area contributed by atoms with Gasteiger partial charge < -0.3 is 14.6 Å². The van der Waals surface area contributed by atoms with Crippen molar-refractivity contribution in [1.29, 1.82) is 0 Å². The van der Waals surface area contributed by atoms with Gasteiger partial charge in [-0.1, -0.05) is 13.8 Å². The van der Waals surface area contributed by atoms with Crippen molar-refractivity contribution in [3.8, 4) is 5.88 Å². The molecule has 1 aromatic rings. The van der Waals surface area contributed by atoms with E-state index in [1.54, 1.807) is 19.3 Å². The fraction of sp³-hybridized carbons (Fsp3) is 0.647. The lowest BCUT2D eigenvalue weighted by atomic mass is 9.99. The second kappa shape index (κ2) is 7.64. The number of anilines is 1. The highest BCUT2D eigenvalue weighted by Crippen LogP contribution is 2.26. The molecule has 1 amide bonds. The van der Waals surface area contributed by atoms with Crippen LogP contribution < -0.4 is 9.64 Å². The van der Waals surface area contributed by atoms with E-state index >= 15 is 0 Å². The average Bonchev–Trinajstić information content (AvgIpc) is 2.44. The molecule has 0 bridgehead atoms. The zero-order chi connectivity index (χ0) is 17.8. The number of carbonyl (C=O) groups excluding carboxylic acids is 1. The lowest BCUT2D eigenvalue weighted by molar-refractivity contribution is 0.0588. The lowest BCUT2D eigenvalue weighted by Gasteiger charge is -2.26. The maximum Gasteiger partial charge on any atom is 0.414 e. The van der Waals surface area contributed by atoms with Crippen molar-refractivity contribution in [2.75, 3.05) is 19.1 Å². The van der Waals surface area contributed by atoms with Crippen LogP contribution in [0.25, 0.3) is 0 Å². The van der Waals surface area contributed by atoms with Crippen molar-refractivity contribution < 1.29 is 19.4 Å². The molecule has 130 valence electrons. The zero-order valence-corrected chi connectivity index (χ0v) is 15.1. The quantitative estimate of drug-likeness (QED) is 0.901. The first-order valence-electron chi connectivity index (χ1n) is 7.73. The predicted molar refractivity (Wildman–Crippen MR) is 90.0 cm³/mol. The van der Waals surface area contributed by atoms with E-state index < -0.39 is 17.8 Å². The fourth-order valence-corrected chi connectivity index (χ4v) is 1.93. The van der Waals surface area contributed by atoms with E-state index in [-0.39, 0.29) is 5.92 Å². The number of ether oxygens (including phenoxy) is 2. The van der Waals surface area contributed by atoms with Gasteiger partial charge in [0.2, 0.25) is 5.88 Å². The Morgan fingerprint density at radius 2 is 2.00 bits per heavy atom. The van der Waals surface area contributed by atoms with Gasteiger partial charge in [0.05, 0.1) is 25.1 Å². The summed E-state index contributed by atoms with van der Waals surface area (Å²) in [7, 11) is 3.16. The third kappa shape index (κ3) is 5.71. The molecule has 1 heterocycles. The first kappa shape index (κ1) is 19.2. The van der Waals surface area contributed by atoms with Crippen LogP contribution in [0.3, 0.4) is 0 Å². The molecule has 0 aliphatic carbocycles. The highest BCUT2D eigenvalue weighted by atomic mass is 16.6. The van der Waals surface area contributed by atoms with Gasteiger partial charge in [-0.3, -0.25) is 4.90 Å². The van der Waals surface area contributed by atoms with E-state index in [1.807, 2.05) is 34.6 Å². The van der Waals surface area contributed by atoms with Crippen molar-refractivity contribution in [1.82, 2.24) is 4.98 Å². The van der Waals surface area contributed by atoms with Crippen LogP contribution >= 0.6 is 0 Å². The second-order valence-corrected chi connectivity index (χ2v) is 6.91. The Kier molecular flexibility index (Phi) is 6.38. The number of pyridine rings is 1. The Bertz CT molecular complexity index is 538. The van der Waals surface area contributed by atoms with Gasteiger partial charge in [0, 0.05) is 19.5 Å². The highest BCUT2D eigenvalue weighted by Gasteiger charge is 2.24. The van der Waals surface area contributed by atoms with Crippen molar-refractivity contribution in [3.63, 3.8) is 0 Å². The van der Waals surface area contributed by atoms with Gasteiger partial charge in [-0.25, -0.2) is 9.78 Å². The van der Waals surface area contributed by atoms with E-state index in [1.165, 1.54) is 12.0 Å². The molecule has 0 saturated carbocycles. The number of aliphatic hydroxyl groups excluding tert-OH is 1. The van der Waals surface area contributed by atoms with Gasteiger partial charge in [0.25, 0.3) is 0 Å². The van der Waals surface area contributed by atoms with Crippen LogP contribution in [-0.4, -0.2) is 42.0 Å². The Balaban J connectivity index is 3.11. The van der Waals surface area contributed by atoms with Crippen LogP contribution in [0.15, 0.2) is 12.3 Å². The van der Waals surface area contributed by atoms with Crippen LogP contribution in [0.4, 0.5) is 10.5 Å². The van der Waals surface area contributed by atoms with Crippen molar-refractivity contribution in [2.24, 2.45) is 5.92 Å². The minimum atomic E-state index is -0.581. The van der Waals surface area contributed by atoms with E-state index in [0.29, 0.717) is 18.0 Å². The van der Waals surface area contributed by atoms with Crippen LogP contribution in [0.2, 0.25) is 0 Å². The third-order valence-corrected chi connectivity index (χ3v) is 3.38. The molecule has 1 atom stereocenters. The Hall–Kier alpha value is -1.82. The number of aromatic nitrogens is 1. The molecule has 0 aliphatic rings. The number of nitrogens with zero attached hydrogens (tertiary/aromatic N) is 2. The molecule has 1 N–H and O–H groups in total. The normalized spacial score (nSPS) is 12.9. The molecular formula is C17H28N2O4. The molecule has 6 heteroatoms. The molecule has 0 saturated heterocycles. The molecule has 1 aromatic heterocycles. The molecule has 0 spiro atoms. The number of carbonyl (C=O) groups is 1. The maximum absolute atomic E-state index is 12.3. The van der Waals surface area contributed by atoms with E-state index in [9.17, 15) is 9.90 Å². The summed E-state index contributed by atoms with van der Waals surface area (Å²) in [5.41, 5.74) is 0.800. The van der Waals surface area contributed by atoms with Gasteiger partial charge in [-0.2, -0.15) is 0 Å². The topological polar surface area (TPSA) is 71.9 Å². The number of aliphatic hydroxyl groups is 1. The third-order valence-electron chi connectivity index (χ3n) is 3.38. The van der Waals surface area contributed by atoms with E-state index in [2.05, 4.69) is 4.98 Å². The summed E-state index contributed by atoms with van der Waals surface area (Å²) in [6.45, 7) is 9.33. The molecule has 0 aromatic carbocycles. The molecule has 0 fully saturated rings. The summed E-state index contributed by atoms with van der Waals surface area (Å²) in [5, 5.41) is 10.2. The SMILES string of the molecule is COc1cc(CC(O)C(C)C)c(N(C)C(=O)OC(C)(C)C)cn1. The number of amides is 1. The molecule has 1 rings (SSSR count). The van der Waals surface area contributed by atoms with Crippen molar-refractivity contribution in [2.45, 2.75) is 52.7 Å². The van der Waals surface area contributed by atoms with Gasteiger partial charge >= 0.3 is 6.09 Å². The van der Waals surface area contributed by atoms with E-state index in [4.69, 9.17) is 9.47 Å². The van der Waals surface area contributed by atoms with Crippen LogP contribution in [0, 0.1) is 5.92 Å². The maximum atomic E-state index is 12.3. The lowest BCUT2D eigenvalue weighted by Crippen LogP contribution is -2.35. The van der Waals surface area contributed by atoms with Crippen molar-refractivity contribution >= 4 is 11.8 Å². The predicted octanol–water partition coefficient (Wildman–Crippen LogP) is 3.02. The monoisotopic (exact) mass is 324 g/mol. The first-order chi connectivity index (χ1) is 10.5. The second-order valence-electron chi connectivity index (χ2n) is 6.91.